The van der Waals surface area contributed by atoms with Crippen LogP contribution in [0.1, 0.15) is 47.2 Å². The molecule has 0 spiro atoms. The van der Waals surface area contributed by atoms with Crippen LogP contribution >= 0.6 is 11.6 Å². The fraction of sp³-hybridized carbons (Fsp3) is 0.273. The van der Waals surface area contributed by atoms with Gasteiger partial charge in [0.15, 0.2) is 5.75 Å². The molecule has 1 amide bonds. The molecule has 2 heterocycles. The SMILES string of the molecule is C/C(C(=O)N1CCN(Cc2ccc(CCOc3ccc(F)cc3)cc2)CC1)=C(\C)c1cc(C)c(Oc2ccc(OCc3ccc(C)cc3)cn2)c(Cl)c1. The summed E-state index contributed by atoms with van der Waals surface area (Å²) in [5.41, 5.74) is 8.01. The van der Waals surface area contributed by atoms with E-state index in [1.165, 1.54) is 28.8 Å². The number of carbonyl (C=O) groups excluding carboxylic acids is 1. The van der Waals surface area contributed by atoms with Crippen LogP contribution < -0.4 is 14.2 Å². The minimum Gasteiger partial charge on any atom is -0.493 e. The molecule has 7 nitrogen and oxygen atoms in total. The van der Waals surface area contributed by atoms with Crippen molar-refractivity contribution in [2.75, 3.05) is 32.8 Å². The second-order valence-electron chi connectivity index (χ2n) is 13.5. The highest BCUT2D eigenvalue weighted by atomic mass is 35.5. The Balaban J connectivity index is 0.979. The summed E-state index contributed by atoms with van der Waals surface area (Å²) in [4.78, 5) is 22.3. The van der Waals surface area contributed by atoms with Crippen molar-refractivity contribution in [1.82, 2.24) is 14.8 Å². The Morgan fingerprint density at radius 1 is 0.792 bits per heavy atom. The van der Waals surface area contributed by atoms with Gasteiger partial charge in [-0.05, 0) is 104 Å². The molecule has 53 heavy (non-hydrogen) atoms. The summed E-state index contributed by atoms with van der Waals surface area (Å²) in [6.07, 6.45) is 2.41. The van der Waals surface area contributed by atoms with E-state index in [2.05, 4.69) is 53.2 Å². The fourth-order valence-corrected chi connectivity index (χ4v) is 6.46. The predicted molar refractivity (Wildman–Crippen MR) is 208 cm³/mol. The van der Waals surface area contributed by atoms with Crippen molar-refractivity contribution in [3.05, 3.63) is 153 Å². The predicted octanol–water partition coefficient (Wildman–Crippen LogP) is 9.62. The maximum atomic E-state index is 13.6. The number of nitrogens with zero attached hydrogens (tertiary/aromatic N) is 3. The van der Waals surface area contributed by atoms with E-state index in [-0.39, 0.29) is 11.7 Å². The molecule has 0 saturated carbocycles. The summed E-state index contributed by atoms with van der Waals surface area (Å²) >= 11 is 6.75. The van der Waals surface area contributed by atoms with E-state index in [1.54, 1.807) is 24.4 Å². The van der Waals surface area contributed by atoms with Crippen LogP contribution in [0.25, 0.3) is 5.57 Å². The van der Waals surface area contributed by atoms with Crippen molar-refractivity contribution in [3.63, 3.8) is 0 Å². The van der Waals surface area contributed by atoms with Gasteiger partial charge in [0.05, 0.1) is 17.8 Å². The molecule has 1 saturated heterocycles. The number of piperazine rings is 1. The van der Waals surface area contributed by atoms with Crippen LogP contribution in [0, 0.1) is 19.7 Å². The Labute approximate surface area is 316 Å². The van der Waals surface area contributed by atoms with Gasteiger partial charge in [-0.15, -0.1) is 0 Å². The van der Waals surface area contributed by atoms with Crippen LogP contribution in [0.5, 0.6) is 23.1 Å². The average molecular weight is 734 g/mol. The molecular weight excluding hydrogens is 689 g/mol. The van der Waals surface area contributed by atoms with E-state index in [4.69, 9.17) is 25.8 Å². The molecule has 6 rings (SSSR count). The van der Waals surface area contributed by atoms with Crippen molar-refractivity contribution in [2.24, 2.45) is 0 Å². The van der Waals surface area contributed by atoms with Gasteiger partial charge >= 0.3 is 0 Å². The van der Waals surface area contributed by atoms with Gasteiger partial charge in [0, 0.05) is 50.8 Å². The van der Waals surface area contributed by atoms with E-state index in [0.717, 1.165) is 48.3 Å². The lowest BCUT2D eigenvalue weighted by Crippen LogP contribution is -2.48. The summed E-state index contributed by atoms with van der Waals surface area (Å²) < 4.78 is 30.8. The first-order valence-electron chi connectivity index (χ1n) is 17.9. The lowest BCUT2D eigenvalue weighted by atomic mass is 9.99. The molecule has 1 aliphatic heterocycles. The van der Waals surface area contributed by atoms with Gasteiger partial charge < -0.3 is 19.1 Å². The van der Waals surface area contributed by atoms with Crippen LogP contribution in [0.3, 0.4) is 0 Å². The lowest BCUT2D eigenvalue weighted by Gasteiger charge is -2.35. The maximum absolute atomic E-state index is 13.6. The smallest absolute Gasteiger partial charge is 0.249 e. The Morgan fingerprint density at radius 2 is 1.45 bits per heavy atom. The fourth-order valence-electron chi connectivity index (χ4n) is 6.15. The van der Waals surface area contributed by atoms with E-state index < -0.39 is 0 Å². The summed E-state index contributed by atoms with van der Waals surface area (Å²) in [5.74, 6) is 2.01. The highest BCUT2D eigenvalue weighted by molar-refractivity contribution is 6.32. The molecule has 1 aliphatic rings. The highest BCUT2D eigenvalue weighted by Gasteiger charge is 2.24. The summed E-state index contributed by atoms with van der Waals surface area (Å²) in [6, 6.07) is 30.3. The number of aryl methyl sites for hydroxylation is 2. The number of ether oxygens (including phenoxy) is 3. The number of allylic oxidation sites excluding steroid dienone is 1. The third-order valence-electron chi connectivity index (χ3n) is 9.55. The van der Waals surface area contributed by atoms with Crippen molar-refractivity contribution in [3.8, 4) is 23.1 Å². The number of carbonyl (C=O) groups is 1. The molecule has 4 aromatic carbocycles. The third-order valence-corrected chi connectivity index (χ3v) is 9.83. The topological polar surface area (TPSA) is 64.1 Å². The lowest BCUT2D eigenvalue weighted by molar-refractivity contribution is -0.128. The molecule has 0 N–H and O–H groups in total. The van der Waals surface area contributed by atoms with E-state index >= 15 is 0 Å². The highest BCUT2D eigenvalue weighted by Crippen LogP contribution is 2.36. The minimum absolute atomic E-state index is 0.0392. The zero-order valence-electron chi connectivity index (χ0n) is 30.7. The van der Waals surface area contributed by atoms with Crippen molar-refractivity contribution in [2.45, 2.75) is 47.3 Å². The summed E-state index contributed by atoms with van der Waals surface area (Å²) in [7, 11) is 0. The molecule has 274 valence electrons. The van der Waals surface area contributed by atoms with Gasteiger partial charge in [0.1, 0.15) is 23.9 Å². The van der Waals surface area contributed by atoms with E-state index in [9.17, 15) is 9.18 Å². The normalized spacial score (nSPS) is 13.7. The van der Waals surface area contributed by atoms with Crippen LogP contribution in [0.2, 0.25) is 5.02 Å². The molecule has 0 radical (unpaired) electrons. The minimum atomic E-state index is -0.272. The van der Waals surface area contributed by atoms with E-state index in [0.29, 0.717) is 60.0 Å². The molecule has 0 aliphatic carbocycles. The number of aromatic nitrogens is 1. The average Bonchev–Trinajstić information content (AvgIpc) is 3.17. The van der Waals surface area contributed by atoms with Gasteiger partial charge in [0.25, 0.3) is 0 Å². The molecular formula is C44H45ClFN3O4. The number of benzene rings is 4. The first kappa shape index (κ1) is 37.6. The molecule has 0 bridgehead atoms. The van der Waals surface area contributed by atoms with Gasteiger partial charge in [-0.3, -0.25) is 9.69 Å². The van der Waals surface area contributed by atoms with E-state index in [1.807, 2.05) is 56.0 Å². The standard InChI is InChI=1S/C44H45ClFN3O4/c1-30-5-7-36(8-6-30)29-52-40-17-18-42(47-27-40)53-43-31(2)25-37(26-41(43)45)32(3)33(4)44(50)49-22-20-48(21-23-49)28-35-11-9-34(10-12-35)19-24-51-39-15-13-38(46)14-16-39/h5-18,25-27H,19-24,28-29H2,1-4H3/b33-32-. The number of amides is 1. The maximum Gasteiger partial charge on any atom is 0.249 e. The van der Waals surface area contributed by atoms with Gasteiger partial charge in [-0.2, -0.15) is 0 Å². The third kappa shape index (κ3) is 10.2. The summed E-state index contributed by atoms with van der Waals surface area (Å²) in [6.45, 7) is 12.6. The zero-order valence-corrected chi connectivity index (χ0v) is 31.5. The monoisotopic (exact) mass is 733 g/mol. The second kappa shape index (κ2) is 17.6. The summed E-state index contributed by atoms with van der Waals surface area (Å²) in [5, 5.41) is 0.445. The quantitative estimate of drug-likeness (QED) is 0.112. The zero-order chi connectivity index (χ0) is 37.3. The van der Waals surface area contributed by atoms with Crippen LogP contribution in [0.4, 0.5) is 4.39 Å². The van der Waals surface area contributed by atoms with Crippen LogP contribution in [0.15, 0.2) is 109 Å². The second-order valence-corrected chi connectivity index (χ2v) is 13.9. The first-order valence-corrected chi connectivity index (χ1v) is 18.3. The van der Waals surface area contributed by atoms with Gasteiger partial charge in [-0.1, -0.05) is 65.7 Å². The Morgan fingerprint density at radius 3 is 2.11 bits per heavy atom. The first-order chi connectivity index (χ1) is 25.6. The van der Waals surface area contributed by atoms with Crippen LogP contribution in [-0.2, 0) is 24.4 Å². The molecule has 0 atom stereocenters. The molecule has 5 aromatic rings. The van der Waals surface area contributed by atoms with Gasteiger partial charge in [0.2, 0.25) is 11.8 Å². The van der Waals surface area contributed by atoms with Crippen molar-refractivity contribution >= 4 is 23.1 Å². The number of hydrogen-bond donors (Lipinski definition) is 0. The van der Waals surface area contributed by atoms with Crippen LogP contribution in [-0.4, -0.2) is 53.5 Å². The number of pyridine rings is 1. The Hall–Kier alpha value is -5.18. The largest absolute Gasteiger partial charge is 0.493 e. The molecule has 0 unspecified atom stereocenters. The molecule has 1 fully saturated rings. The number of hydrogen-bond acceptors (Lipinski definition) is 6. The van der Waals surface area contributed by atoms with Gasteiger partial charge in [-0.25, -0.2) is 9.37 Å². The Bertz CT molecular complexity index is 2000. The molecule has 1 aromatic heterocycles. The van der Waals surface area contributed by atoms with Crippen molar-refractivity contribution in [1.29, 1.82) is 0 Å². The number of rotatable bonds is 13. The Kier molecular flexibility index (Phi) is 12.4. The molecule has 9 heteroatoms. The number of halogens is 2. The van der Waals surface area contributed by atoms with Crippen molar-refractivity contribution < 1.29 is 23.4 Å².